The van der Waals surface area contributed by atoms with E-state index < -0.39 is 0 Å². The van der Waals surface area contributed by atoms with Crippen LogP contribution in [0.25, 0.3) is 0 Å². The number of halogens is 1. The zero-order chi connectivity index (χ0) is 20.3. The Hall–Kier alpha value is -3.18. The molecule has 0 saturated heterocycles. The lowest BCUT2D eigenvalue weighted by atomic mass is 10.1. The Balaban J connectivity index is 1.78. The smallest absolute Gasteiger partial charge is 0.257 e. The molecule has 3 aromatic rings. The summed E-state index contributed by atoms with van der Waals surface area (Å²) in [5.74, 6) is -0.720. The fourth-order valence-electron chi connectivity index (χ4n) is 2.79. The van der Waals surface area contributed by atoms with Crippen molar-refractivity contribution in [1.29, 1.82) is 0 Å². The van der Waals surface area contributed by atoms with Crippen molar-refractivity contribution in [3.05, 3.63) is 87.7 Å². The Morgan fingerprint density at radius 2 is 1.43 bits per heavy atom. The number of nitrogens with zero attached hydrogens (tertiary/aromatic N) is 1. The second-order valence-corrected chi connectivity index (χ2v) is 7.08. The van der Waals surface area contributed by atoms with Crippen molar-refractivity contribution in [3.63, 3.8) is 0 Å². The fraction of sp³-hybridized carbons (Fsp3) is 0.136. The van der Waals surface area contributed by atoms with Gasteiger partial charge in [-0.2, -0.15) is 0 Å². The molecule has 2 N–H and O–H groups in total. The predicted octanol–water partition coefficient (Wildman–Crippen LogP) is 5.16. The maximum atomic E-state index is 12.6. The van der Waals surface area contributed by atoms with E-state index in [0.717, 1.165) is 16.7 Å². The fourth-order valence-corrected chi connectivity index (χ4v) is 3.16. The third-order valence-corrected chi connectivity index (χ3v) is 4.54. The van der Waals surface area contributed by atoms with E-state index in [9.17, 15) is 9.59 Å². The molecule has 0 bridgehead atoms. The first-order valence-electron chi connectivity index (χ1n) is 8.74. The van der Waals surface area contributed by atoms with Crippen LogP contribution in [-0.2, 0) is 0 Å². The van der Waals surface area contributed by atoms with Gasteiger partial charge in [-0.15, -0.1) is 0 Å². The minimum absolute atomic E-state index is 0.271. The highest BCUT2D eigenvalue weighted by Gasteiger charge is 2.14. The van der Waals surface area contributed by atoms with Gasteiger partial charge in [0.15, 0.2) is 0 Å². The van der Waals surface area contributed by atoms with Crippen LogP contribution in [0.2, 0.25) is 5.02 Å². The minimum Gasteiger partial charge on any atom is -0.322 e. The molecule has 0 unspecified atom stereocenters. The van der Waals surface area contributed by atoms with Gasteiger partial charge < -0.3 is 10.6 Å². The number of nitrogens with one attached hydrogen (secondary N) is 2. The Morgan fingerprint density at radius 1 is 0.821 bits per heavy atom. The van der Waals surface area contributed by atoms with E-state index in [1.807, 2.05) is 51.1 Å². The number of aromatic nitrogens is 1. The molecule has 1 aromatic heterocycles. The van der Waals surface area contributed by atoms with E-state index in [-0.39, 0.29) is 17.4 Å². The normalized spacial score (nSPS) is 10.4. The number of pyridine rings is 1. The quantitative estimate of drug-likeness (QED) is 0.642. The average Bonchev–Trinajstić information content (AvgIpc) is 2.66. The number of carbonyl (C=O) groups is 2. The summed E-state index contributed by atoms with van der Waals surface area (Å²) < 4.78 is 0. The summed E-state index contributed by atoms with van der Waals surface area (Å²) in [5, 5.41) is 6.06. The number of carbonyl (C=O) groups excluding carboxylic acids is 2. The maximum absolute atomic E-state index is 12.6. The number of amides is 2. The molecule has 2 amide bonds. The van der Waals surface area contributed by atoms with Gasteiger partial charge in [-0.3, -0.25) is 14.6 Å². The molecule has 1 heterocycles. The lowest BCUT2D eigenvalue weighted by Gasteiger charge is -2.12. The number of hydrogen-bond donors (Lipinski definition) is 2. The van der Waals surface area contributed by atoms with Crippen molar-refractivity contribution in [3.8, 4) is 0 Å². The number of rotatable bonds is 4. The summed E-state index contributed by atoms with van der Waals surface area (Å²) in [4.78, 5) is 29.1. The van der Waals surface area contributed by atoms with Crippen molar-refractivity contribution >= 4 is 34.8 Å². The highest BCUT2D eigenvalue weighted by molar-refractivity contribution is 6.34. The third kappa shape index (κ3) is 4.56. The van der Waals surface area contributed by atoms with Crippen LogP contribution in [0.5, 0.6) is 0 Å². The molecule has 0 aliphatic rings. The van der Waals surface area contributed by atoms with E-state index in [4.69, 9.17) is 11.6 Å². The standard InChI is InChI=1S/C22H20ClN3O2/c1-13-4-6-18(7-5-13)25-21(27)16-10-17(12-24-11-16)22(28)26-20-15(3)8-14(2)9-19(20)23/h4-12H,1-3H3,(H,25,27)(H,26,28). The van der Waals surface area contributed by atoms with E-state index in [1.165, 1.54) is 18.5 Å². The van der Waals surface area contributed by atoms with Gasteiger partial charge in [-0.1, -0.05) is 35.4 Å². The van der Waals surface area contributed by atoms with Crippen LogP contribution < -0.4 is 10.6 Å². The zero-order valence-electron chi connectivity index (χ0n) is 15.8. The number of aryl methyl sites for hydroxylation is 3. The molecule has 0 aliphatic heterocycles. The van der Waals surface area contributed by atoms with E-state index >= 15 is 0 Å². The van der Waals surface area contributed by atoms with Crippen molar-refractivity contribution in [2.45, 2.75) is 20.8 Å². The number of anilines is 2. The molecule has 0 fully saturated rings. The van der Waals surface area contributed by atoms with Crippen molar-refractivity contribution in [2.75, 3.05) is 10.6 Å². The predicted molar refractivity (Wildman–Crippen MR) is 112 cm³/mol. The van der Waals surface area contributed by atoms with Crippen LogP contribution in [0.15, 0.2) is 54.9 Å². The summed E-state index contributed by atoms with van der Waals surface area (Å²) in [6.07, 6.45) is 2.83. The SMILES string of the molecule is Cc1ccc(NC(=O)c2cncc(C(=O)Nc3c(C)cc(C)cc3Cl)c2)cc1. The van der Waals surface area contributed by atoms with E-state index in [1.54, 1.807) is 6.07 Å². The van der Waals surface area contributed by atoms with Gasteiger partial charge in [-0.05, 0) is 56.2 Å². The summed E-state index contributed by atoms with van der Waals surface area (Å²) in [6, 6.07) is 12.7. The Morgan fingerprint density at radius 3 is 2.04 bits per heavy atom. The molecule has 0 radical (unpaired) electrons. The van der Waals surface area contributed by atoms with Crippen LogP contribution >= 0.6 is 11.6 Å². The molecule has 5 nitrogen and oxygen atoms in total. The lowest BCUT2D eigenvalue weighted by Crippen LogP contribution is -2.17. The second kappa shape index (κ2) is 8.23. The third-order valence-electron chi connectivity index (χ3n) is 4.24. The molecule has 0 saturated carbocycles. The second-order valence-electron chi connectivity index (χ2n) is 6.68. The van der Waals surface area contributed by atoms with E-state index in [2.05, 4.69) is 15.6 Å². The Kier molecular flexibility index (Phi) is 5.76. The van der Waals surface area contributed by atoms with Gasteiger partial charge >= 0.3 is 0 Å². The first kappa shape index (κ1) is 19.6. The van der Waals surface area contributed by atoms with Gasteiger partial charge in [0.1, 0.15) is 0 Å². The molecule has 2 aromatic carbocycles. The molecule has 3 rings (SSSR count). The Bertz CT molecular complexity index is 1020. The summed E-state index contributed by atoms with van der Waals surface area (Å²) in [5.41, 5.74) is 4.76. The van der Waals surface area contributed by atoms with Gasteiger partial charge in [0.05, 0.1) is 21.8 Å². The number of benzene rings is 2. The van der Waals surface area contributed by atoms with Crippen molar-refractivity contribution < 1.29 is 9.59 Å². The first-order valence-corrected chi connectivity index (χ1v) is 9.12. The highest BCUT2D eigenvalue weighted by atomic mass is 35.5. The maximum Gasteiger partial charge on any atom is 0.257 e. The van der Waals surface area contributed by atoms with Crippen LogP contribution in [-0.4, -0.2) is 16.8 Å². The number of hydrogen-bond acceptors (Lipinski definition) is 3. The molecule has 0 spiro atoms. The summed E-state index contributed by atoms with van der Waals surface area (Å²) >= 11 is 6.25. The molecular weight excluding hydrogens is 374 g/mol. The van der Waals surface area contributed by atoms with Crippen LogP contribution in [0.3, 0.4) is 0 Å². The van der Waals surface area contributed by atoms with Gasteiger partial charge in [0, 0.05) is 18.1 Å². The highest BCUT2D eigenvalue weighted by Crippen LogP contribution is 2.27. The van der Waals surface area contributed by atoms with Crippen LogP contribution in [0.4, 0.5) is 11.4 Å². The zero-order valence-corrected chi connectivity index (χ0v) is 16.6. The molecule has 142 valence electrons. The van der Waals surface area contributed by atoms with Gasteiger partial charge in [0.25, 0.3) is 11.8 Å². The molecule has 0 aliphatic carbocycles. The molecule has 28 heavy (non-hydrogen) atoms. The summed E-state index contributed by atoms with van der Waals surface area (Å²) in [6.45, 7) is 5.78. The van der Waals surface area contributed by atoms with Crippen molar-refractivity contribution in [1.82, 2.24) is 4.98 Å². The lowest BCUT2D eigenvalue weighted by molar-refractivity contribution is 0.102. The van der Waals surface area contributed by atoms with Gasteiger partial charge in [-0.25, -0.2) is 0 Å². The van der Waals surface area contributed by atoms with Crippen LogP contribution in [0, 0.1) is 20.8 Å². The van der Waals surface area contributed by atoms with Gasteiger partial charge in [0.2, 0.25) is 0 Å². The molecule has 6 heteroatoms. The molecule has 0 atom stereocenters. The first-order chi connectivity index (χ1) is 13.3. The molecular formula is C22H20ClN3O2. The topological polar surface area (TPSA) is 71.1 Å². The van der Waals surface area contributed by atoms with Crippen molar-refractivity contribution in [2.24, 2.45) is 0 Å². The largest absolute Gasteiger partial charge is 0.322 e. The monoisotopic (exact) mass is 393 g/mol. The Labute approximate surface area is 168 Å². The van der Waals surface area contributed by atoms with Crippen LogP contribution in [0.1, 0.15) is 37.4 Å². The summed E-state index contributed by atoms with van der Waals surface area (Å²) in [7, 11) is 0. The minimum atomic E-state index is -0.383. The average molecular weight is 394 g/mol. The van der Waals surface area contributed by atoms with E-state index in [0.29, 0.717) is 22.0 Å².